The maximum Gasteiger partial charge on any atom is 0.127 e. The van der Waals surface area contributed by atoms with E-state index in [0.717, 1.165) is 12.8 Å². The van der Waals surface area contributed by atoms with Gasteiger partial charge in [-0.05, 0) is 36.3 Å². The number of hydrogen-bond acceptors (Lipinski definition) is 1. The van der Waals surface area contributed by atoms with E-state index in [2.05, 4.69) is 30.3 Å². The van der Waals surface area contributed by atoms with Crippen LogP contribution in [0.15, 0.2) is 36.4 Å². The summed E-state index contributed by atoms with van der Waals surface area (Å²) in [6, 6.07) is 10.5. The minimum absolute atomic E-state index is 0.0504. The molecule has 0 spiro atoms. The second-order valence-corrected chi connectivity index (χ2v) is 5.03. The Hall–Kier alpha value is -1.37. The highest BCUT2D eigenvalue weighted by Crippen LogP contribution is 2.55. The van der Waals surface area contributed by atoms with E-state index < -0.39 is 0 Å². The number of allylic oxidation sites excluding steroid dienone is 2. The predicted molar refractivity (Wildman–Crippen MR) is 64.9 cm³/mol. The molecule has 1 aromatic rings. The second kappa shape index (κ2) is 3.58. The molecule has 2 aliphatic rings. The van der Waals surface area contributed by atoms with Crippen molar-refractivity contribution in [3.8, 4) is 0 Å². The van der Waals surface area contributed by atoms with Crippen molar-refractivity contribution < 1.29 is 4.79 Å². The third-order valence-corrected chi connectivity index (χ3v) is 4.25. The van der Waals surface area contributed by atoms with Gasteiger partial charge in [0.05, 0.1) is 0 Å². The summed E-state index contributed by atoms with van der Waals surface area (Å²) in [4.78, 5) is 11.4. The van der Waals surface area contributed by atoms with Gasteiger partial charge in [-0.25, -0.2) is 0 Å². The van der Waals surface area contributed by atoms with Crippen LogP contribution in [0.4, 0.5) is 0 Å². The molecule has 0 aliphatic heterocycles. The van der Waals surface area contributed by atoms with Crippen molar-refractivity contribution in [1.82, 2.24) is 0 Å². The fourth-order valence-corrected chi connectivity index (χ4v) is 3.39. The highest BCUT2D eigenvalue weighted by molar-refractivity contribution is 5.78. The highest BCUT2D eigenvalue weighted by Gasteiger charge is 2.47. The molecule has 1 fully saturated rings. The van der Waals surface area contributed by atoms with E-state index in [1.54, 1.807) is 0 Å². The standard InChI is InChI=1S/C15H16O/c16-11-15-9-4-7-14(15)13(8-10-15)12-5-2-1-3-6-12/h1-3,5-6,8,11,14H,4,7,9-10H2. The average Bonchev–Trinajstić information content (AvgIpc) is 2.88. The zero-order chi connectivity index (χ0) is 11.0. The van der Waals surface area contributed by atoms with Crippen LogP contribution in [0.25, 0.3) is 5.57 Å². The van der Waals surface area contributed by atoms with E-state index in [1.165, 1.54) is 30.3 Å². The summed E-state index contributed by atoms with van der Waals surface area (Å²) >= 11 is 0. The Morgan fingerprint density at radius 1 is 1.25 bits per heavy atom. The Morgan fingerprint density at radius 2 is 2.06 bits per heavy atom. The Bertz CT molecular complexity index is 432. The molecule has 2 unspecified atom stereocenters. The number of aldehydes is 1. The molecule has 1 saturated carbocycles. The molecule has 0 bridgehead atoms. The summed E-state index contributed by atoms with van der Waals surface area (Å²) < 4.78 is 0. The van der Waals surface area contributed by atoms with Gasteiger partial charge in [-0.2, -0.15) is 0 Å². The predicted octanol–water partition coefficient (Wildman–Crippen LogP) is 3.46. The zero-order valence-electron chi connectivity index (χ0n) is 9.36. The van der Waals surface area contributed by atoms with E-state index in [0.29, 0.717) is 5.92 Å². The molecule has 0 amide bonds. The normalized spacial score (nSPS) is 32.2. The van der Waals surface area contributed by atoms with Crippen LogP contribution in [0.2, 0.25) is 0 Å². The van der Waals surface area contributed by atoms with Crippen molar-refractivity contribution in [2.24, 2.45) is 11.3 Å². The van der Waals surface area contributed by atoms with Crippen molar-refractivity contribution in [2.45, 2.75) is 25.7 Å². The first-order valence-electron chi connectivity index (χ1n) is 6.07. The van der Waals surface area contributed by atoms with Gasteiger partial charge < -0.3 is 4.79 Å². The lowest BCUT2D eigenvalue weighted by atomic mass is 9.78. The van der Waals surface area contributed by atoms with Gasteiger partial charge in [0.25, 0.3) is 0 Å². The van der Waals surface area contributed by atoms with E-state index in [1.807, 2.05) is 6.07 Å². The monoisotopic (exact) mass is 212 g/mol. The molecule has 2 aliphatic carbocycles. The van der Waals surface area contributed by atoms with Crippen LogP contribution in [0.5, 0.6) is 0 Å². The van der Waals surface area contributed by atoms with Crippen LogP contribution in [-0.4, -0.2) is 6.29 Å². The average molecular weight is 212 g/mol. The number of carbonyl (C=O) groups is 1. The molecule has 1 aromatic carbocycles. The quantitative estimate of drug-likeness (QED) is 0.686. The molecule has 0 aromatic heterocycles. The fraction of sp³-hybridized carbons (Fsp3) is 0.400. The summed E-state index contributed by atoms with van der Waals surface area (Å²) in [6.07, 6.45) is 7.91. The lowest BCUT2D eigenvalue weighted by Gasteiger charge is -2.24. The third kappa shape index (κ3) is 1.27. The lowest BCUT2D eigenvalue weighted by Crippen LogP contribution is -2.23. The van der Waals surface area contributed by atoms with Gasteiger partial charge in [0.2, 0.25) is 0 Å². The summed E-state index contributed by atoms with van der Waals surface area (Å²) in [5, 5.41) is 0. The van der Waals surface area contributed by atoms with Crippen molar-refractivity contribution in [2.75, 3.05) is 0 Å². The van der Waals surface area contributed by atoms with Gasteiger partial charge >= 0.3 is 0 Å². The van der Waals surface area contributed by atoms with Crippen LogP contribution in [0, 0.1) is 11.3 Å². The van der Waals surface area contributed by atoms with E-state index >= 15 is 0 Å². The molecule has 2 atom stereocenters. The Balaban J connectivity index is 1.98. The van der Waals surface area contributed by atoms with Crippen molar-refractivity contribution >= 4 is 11.9 Å². The molecular formula is C15H16O. The molecule has 3 rings (SSSR count). The first kappa shape index (κ1) is 9.83. The Labute approximate surface area is 96.2 Å². The Morgan fingerprint density at radius 3 is 2.81 bits per heavy atom. The molecule has 0 N–H and O–H groups in total. The highest BCUT2D eigenvalue weighted by atomic mass is 16.1. The summed E-state index contributed by atoms with van der Waals surface area (Å²) in [6.45, 7) is 0. The van der Waals surface area contributed by atoms with Crippen molar-refractivity contribution in [1.29, 1.82) is 0 Å². The van der Waals surface area contributed by atoms with Gasteiger partial charge in [0.15, 0.2) is 0 Å². The van der Waals surface area contributed by atoms with E-state index in [-0.39, 0.29) is 5.41 Å². The number of hydrogen-bond donors (Lipinski definition) is 0. The van der Waals surface area contributed by atoms with Gasteiger partial charge in [-0.1, -0.05) is 42.8 Å². The third-order valence-electron chi connectivity index (χ3n) is 4.25. The SMILES string of the molecule is O=CC12CC=C(c3ccccc3)C1CCC2. The summed E-state index contributed by atoms with van der Waals surface area (Å²) in [5.74, 6) is 0.479. The molecule has 0 heterocycles. The van der Waals surface area contributed by atoms with Crippen LogP contribution in [0.3, 0.4) is 0 Å². The van der Waals surface area contributed by atoms with Crippen LogP contribution in [-0.2, 0) is 4.79 Å². The molecule has 1 nitrogen and oxygen atoms in total. The van der Waals surface area contributed by atoms with Crippen molar-refractivity contribution in [3.05, 3.63) is 42.0 Å². The number of fused-ring (bicyclic) bond motifs is 1. The number of rotatable bonds is 2. The largest absolute Gasteiger partial charge is 0.303 e. The lowest BCUT2D eigenvalue weighted by molar-refractivity contribution is -0.116. The maximum atomic E-state index is 11.4. The second-order valence-electron chi connectivity index (χ2n) is 5.03. The fourth-order valence-electron chi connectivity index (χ4n) is 3.39. The van der Waals surface area contributed by atoms with Crippen molar-refractivity contribution in [3.63, 3.8) is 0 Å². The van der Waals surface area contributed by atoms with E-state index in [9.17, 15) is 4.79 Å². The zero-order valence-corrected chi connectivity index (χ0v) is 9.36. The summed E-state index contributed by atoms with van der Waals surface area (Å²) in [5.41, 5.74) is 2.66. The minimum Gasteiger partial charge on any atom is -0.303 e. The van der Waals surface area contributed by atoms with Gasteiger partial charge in [-0.3, -0.25) is 0 Å². The molecule has 82 valence electrons. The number of carbonyl (C=O) groups excluding carboxylic acids is 1. The van der Waals surface area contributed by atoms with Crippen LogP contribution in [0.1, 0.15) is 31.2 Å². The molecule has 1 heteroatoms. The molecular weight excluding hydrogens is 196 g/mol. The molecule has 0 radical (unpaired) electrons. The van der Waals surface area contributed by atoms with Gasteiger partial charge in [-0.15, -0.1) is 0 Å². The Kier molecular flexibility index (Phi) is 2.20. The first-order valence-corrected chi connectivity index (χ1v) is 6.07. The van der Waals surface area contributed by atoms with Gasteiger partial charge in [0, 0.05) is 5.41 Å². The minimum atomic E-state index is -0.0504. The van der Waals surface area contributed by atoms with Crippen LogP contribution >= 0.6 is 0 Å². The van der Waals surface area contributed by atoms with Crippen LogP contribution < -0.4 is 0 Å². The molecule has 16 heavy (non-hydrogen) atoms. The maximum absolute atomic E-state index is 11.4. The number of benzene rings is 1. The van der Waals surface area contributed by atoms with E-state index in [4.69, 9.17) is 0 Å². The first-order chi connectivity index (χ1) is 7.86. The molecule has 0 saturated heterocycles. The van der Waals surface area contributed by atoms with Gasteiger partial charge in [0.1, 0.15) is 6.29 Å². The summed E-state index contributed by atoms with van der Waals surface area (Å²) in [7, 11) is 0. The topological polar surface area (TPSA) is 17.1 Å². The smallest absolute Gasteiger partial charge is 0.127 e.